The molecule has 3 N–H and O–H groups in total. The Morgan fingerprint density at radius 2 is 2.04 bits per heavy atom. The maximum absolute atomic E-state index is 13.1. The van der Waals surface area contributed by atoms with Crippen LogP contribution in [0.25, 0.3) is 0 Å². The molecule has 2 heterocycles. The van der Waals surface area contributed by atoms with Crippen molar-refractivity contribution in [3.63, 3.8) is 0 Å². The van der Waals surface area contributed by atoms with Crippen molar-refractivity contribution < 1.29 is 22.8 Å². The summed E-state index contributed by atoms with van der Waals surface area (Å²) in [7, 11) is 1.17. The molecule has 1 aliphatic heterocycles. The van der Waals surface area contributed by atoms with Crippen molar-refractivity contribution in [2.75, 3.05) is 6.54 Å². The number of carbonyl (C=O) groups excluding carboxylic acids is 2. The highest BCUT2D eigenvalue weighted by molar-refractivity contribution is 6.30. The first-order valence-corrected chi connectivity index (χ1v) is 8.24. The molecule has 1 aromatic heterocycles. The average Bonchev–Trinajstić information content (AvgIpc) is 3.19. The summed E-state index contributed by atoms with van der Waals surface area (Å²) in [5, 5.41) is 11.9. The molecule has 2 atom stereocenters. The molecule has 0 saturated carbocycles. The van der Waals surface area contributed by atoms with Gasteiger partial charge in [-0.25, -0.2) is 4.79 Å². The Labute approximate surface area is 156 Å². The standard InChI is InChI=1S/C16H15ClF3N5O2/c1-25-12(16(18,19)20)6-10(24-25)13(8-2-4-9(17)5-3-8)23-14(26)11-7-21-15(27)22-11/h2-6,11,13H,7H2,1H3,(H,23,26)(H2,21,22,27)/t11-,13+/m0/s1. The molecule has 1 fully saturated rings. The third-order valence-electron chi connectivity index (χ3n) is 4.06. The van der Waals surface area contributed by atoms with E-state index in [-0.39, 0.29) is 12.2 Å². The van der Waals surface area contributed by atoms with Crippen molar-refractivity contribution in [3.05, 3.63) is 52.3 Å². The fourth-order valence-electron chi connectivity index (χ4n) is 2.74. The van der Waals surface area contributed by atoms with Gasteiger partial charge in [0.15, 0.2) is 0 Å². The summed E-state index contributed by atoms with van der Waals surface area (Å²) in [4.78, 5) is 23.7. The first kappa shape index (κ1) is 19.0. The third-order valence-corrected chi connectivity index (χ3v) is 4.32. The number of rotatable bonds is 4. The average molecular weight is 402 g/mol. The van der Waals surface area contributed by atoms with Crippen molar-refractivity contribution in [2.45, 2.75) is 18.3 Å². The summed E-state index contributed by atoms with van der Waals surface area (Å²) in [5.74, 6) is -0.549. The van der Waals surface area contributed by atoms with Gasteiger partial charge in [0.2, 0.25) is 5.91 Å². The molecule has 2 aromatic rings. The number of alkyl halides is 3. The number of amides is 3. The minimum atomic E-state index is -4.59. The van der Waals surface area contributed by atoms with Gasteiger partial charge in [-0.15, -0.1) is 0 Å². The zero-order valence-electron chi connectivity index (χ0n) is 14.0. The van der Waals surface area contributed by atoms with Gasteiger partial charge in [0.25, 0.3) is 0 Å². The Hall–Kier alpha value is -2.75. The van der Waals surface area contributed by atoms with E-state index in [1.165, 1.54) is 7.05 Å². The van der Waals surface area contributed by atoms with Gasteiger partial charge >= 0.3 is 12.2 Å². The lowest BCUT2D eigenvalue weighted by Gasteiger charge is -2.19. The minimum Gasteiger partial charge on any atom is -0.342 e. The van der Waals surface area contributed by atoms with Crippen LogP contribution in [-0.2, 0) is 18.0 Å². The number of carbonyl (C=O) groups is 2. The Bertz CT molecular complexity index is 866. The molecule has 3 amide bonds. The molecule has 0 unspecified atom stereocenters. The van der Waals surface area contributed by atoms with Crippen molar-refractivity contribution in [1.82, 2.24) is 25.7 Å². The molecule has 144 valence electrons. The molecule has 1 aliphatic rings. The lowest BCUT2D eigenvalue weighted by molar-refractivity contribution is -0.143. The number of hydrogen-bond acceptors (Lipinski definition) is 3. The van der Waals surface area contributed by atoms with Gasteiger partial charge in [-0.05, 0) is 23.8 Å². The van der Waals surface area contributed by atoms with Crippen LogP contribution in [0.2, 0.25) is 5.02 Å². The molecule has 1 saturated heterocycles. The van der Waals surface area contributed by atoms with Crippen LogP contribution in [-0.4, -0.2) is 34.3 Å². The van der Waals surface area contributed by atoms with Crippen LogP contribution in [0.5, 0.6) is 0 Å². The van der Waals surface area contributed by atoms with Gasteiger partial charge in [-0.2, -0.15) is 18.3 Å². The first-order chi connectivity index (χ1) is 12.6. The van der Waals surface area contributed by atoms with E-state index in [1.807, 2.05) is 0 Å². The van der Waals surface area contributed by atoms with Crippen LogP contribution in [0.4, 0.5) is 18.0 Å². The predicted molar refractivity (Wildman–Crippen MR) is 90.0 cm³/mol. The third kappa shape index (κ3) is 4.16. The maximum atomic E-state index is 13.1. The van der Waals surface area contributed by atoms with Crippen molar-refractivity contribution in [3.8, 4) is 0 Å². The van der Waals surface area contributed by atoms with E-state index in [0.717, 1.165) is 6.07 Å². The summed E-state index contributed by atoms with van der Waals surface area (Å²) in [6.45, 7) is 0.0774. The second-order valence-electron chi connectivity index (χ2n) is 5.98. The van der Waals surface area contributed by atoms with Gasteiger partial charge < -0.3 is 16.0 Å². The highest BCUT2D eigenvalue weighted by Crippen LogP contribution is 2.32. The Kier molecular flexibility index (Phi) is 5.01. The molecule has 0 radical (unpaired) electrons. The van der Waals surface area contributed by atoms with Crippen LogP contribution in [0.1, 0.15) is 23.0 Å². The molecule has 1 aromatic carbocycles. The number of urea groups is 1. The van der Waals surface area contributed by atoms with E-state index < -0.39 is 35.9 Å². The van der Waals surface area contributed by atoms with Crippen LogP contribution >= 0.6 is 11.6 Å². The van der Waals surface area contributed by atoms with Gasteiger partial charge in [0, 0.05) is 18.6 Å². The number of aryl methyl sites for hydroxylation is 1. The predicted octanol–water partition coefficient (Wildman–Crippen LogP) is 1.98. The summed E-state index contributed by atoms with van der Waals surface area (Å²) < 4.78 is 40.0. The Balaban J connectivity index is 1.94. The fraction of sp³-hybridized carbons (Fsp3) is 0.312. The molecule has 0 spiro atoms. The molecule has 7 nitrogen and oxygen atoms in total. The Morgan fingerprint density at radius 3 is 2.56 bits per heavy atom. The van der Waals surface area contributed by atoms with Crippen LogP contribution in [0.15, 0.2) is 30.3 Å². The van der Waals surface area contributed by atoms with Crippen LogP contribution in [0.3, 0.4) is 0 Å². The summed E-state index contributed by atoms with van der Waals surface area (Å²) in [5.41, 5.74) is -0.434. The Morgan fingerprint density at radius 1 is 1.37 bits per heavy atom. The monoisotopic (exact) mass is 401 g/mol. The van der Waals surface area contributed by atoms with Gasteiger partial charge in [0.05, 0.1) is 11.7 Å². The minimum absolute atomic E-state index is 0.0118. The summed E-state index contributed by atoms with van der Waals surface area (Å²) >= 11 is 5.87. The highest BCUT2D eigenvalue weighted by Gasteiger charge is 2.37. The summed E-state index contributed by atoms with van der Waals surface area (Å²) in [6.07, 6.45) is -4.59. The number of halogens is 4. The largest absolute Gasteiger partial charge is 0.433 e. The van der Waals surface area contributed by atoms with E-state index in [0.29, 0.717) is 15.3 Å². The topological polar surface area (TPSA) is 88.1 Å². The smallest absolute Gasteiger partial charge is 0.342 e. The molecule has 0 aliphatic carbocycles. The van der Waals surface area contributed by atoms with E-state index in [1.54, 1.807) is 24.3 Å². The van der Waals surface area contributed by atoms with Crippen molar-refractivity contribution in [2.24, 2.45) is 7.05 Å². The zero-order chi connectivity index (χ0) is 19.8. The van der Waals surface area contributed by atoms with Crippen LogP contribution < -0.4 is 16.0 Å². The number of aromatic nitrogens is 2. The van der Waals surface area contributed by atoms with E-state index in [2.05, 4.69) is 21.0 Å². The SMILES string of the molecule is Cn1nc([C@H](NC(=O)[C@@H]2CNC(=O)N2)c2ccc(Cl)cc2)cc1C(F)(F)F. The number of hydrogen-bond donors (Lipinski definition) is 3. The number of nitrogens with one attached hydrogen (secondary N) is 3. The summed E-state index contributed by atoms with van der Waals surface area (Å²) in [6, 6.07) is 4.89. The second-order valence-corrected chi connectivity index (χ2v) is 6.41. The molecular weight excluding hydrogens is 387 g/mol. The van der Waals surface area contributed by atoms with Crippen molar-refractivity contribution >= 4 is 23.5 Å². The van der Waals surface area contributed by atoms with Gasteiger partial charge in [-0.3, -0.25) is 9.48 Å². The van der Waals surface area contributed by atoms with E-state index in [9.17, 15) is 22.8 Å². The van der Waals surface area contributed by atoms with Gasteiger partial charge in [0.1, 0.15) is 11.7 Å². The highest BCUT2D eigenvalue weighted by atomic mass is 35.5. The zero-order valence-corrected chi connectivity index (χ0v) is 14.7. The molecule has 11 heteroatoms. The molecular formula is C16H15ClF3N5O2. The van der Waals surface area contributed by atoms with E-state index >= 15 is 0 Å². The lowest BCUT2D eigenvalue weighted by atomic mass is 10.0. The molecule has 0 bridgehead atoms. The first-order valence-electron chi connectivity index (χ1n) is 7.86. The van der Waals surface area contributed by atoms with Crippen LogP contribution in [0, 0.1) is 0 Å². The molecule has 3 rings (SSSR count). The maximum Gasteiger partial charge on any atom is 0.433 e. The van der Waals surface area contributed by atoms with Crippen molar-refractivity contribution in [1.29, 1.82) is 0 Å². The fourth-order valence-corrected chi connectivity index (χ4v) is 2.86. The van der Waals surface area contributed by atoms with E-state index in [4.69, 9.17) is 11.6 Å². The normalized spacial score (nSPS) is 18.0. The number of benzene rings is 1. The number of nitrogens with zero attached hydrogens (tertiary/aromatic N) is 2. The second kappa shape index (κ2) is 7.10. The molecule has 27 heavy (non-hydrogen) atoms. The lowest BCUT2D eigenvalue weighted by Crippen LogP contribution is -2.44. The van der Waals surface area contributed by atoms with Gasteiger partial charge in [-0.1, -0.05) is 23.7 Å². The quantitative estimate of drug-likeness (QED) is 0.732.